The fourth-order valence-corrected chi connectivity index (χ4v) is 1.79. The lowest BCUT2D eigenvalue weighted by Crippen LogP contribution is -2.39. The quantitative estimate of drug-likeness (QED) is 0.628. The summed E-state index contributed by atoms with van der Waals surface area (Å²) in [6.45, 7) is 4.15. The molecule has 3 nitrogen and oxygen atoms in total. The molecule has 1 saturated heterocycles. The summed E-state index contributed by atoms with van der Waals surface area (Å²) in [6, 6.07) is 0.565. The third kappa shape index (κ3) is 4.20. The monoisotopic (exact) mass is 199 g/mol. The lowest BCUT2D eigenvalue weighted by molar-refractivity contribution is -0.118. The van der Waals surface area contributed by atoms with Crippen molar-refractivity contribution in [2.75, 3.05) is 26.8 Å². The van der Waals surface area contributed by atoms with Crippen LogP contribution in [0.25, 0.3) is 0 Å². The van der Waals surface area contributed by atoms with Crippen LogP contribution in [-0.2, 0) is 9.53 Å². The molecule has 1 fully saturated rings. The van der Waals surface area contributed by atoms with Crippen molar-refractivity contribution in [3.05, 3.63) is 0 Å². The fourth-order valence-electron chi connectivity index (χ4n) is 1.79. The van der Waals surface area contributed by atoms with Crippen LogP contribution < -0.4 is 0 Å². The molecular formula is C11H21NO2. The fraction of sp³-hybridized carbons (Fsp3) is 0.909. The molecule has 0 aromatic rings. The maximum Gasteiger partial charge on any atom is 0.132 e. The number of Topliss-reactive ketones (excluding diaryl/α,β-unsaturated/α-hetero) is 1. The third-order valence-corrected chi connectivity index (χ3v) is 2.83. The zero-order valence-electron chi connectivity index (χ0n) is 9.29. The minimum Gasteiger partial charge on any atom is -0.379 e. The van der Waals surface area contributed by atoms with Crippen molar-refractivity contribution in [1.29, 1.82) is 0 Å². The molecule has 1 rings (SSSR count). The summed E-state index contributed by atoms with van der Waals surface area (Å²) < 4.78 is 5.49. The first-order chi connectivity index (χ1) is 6.70. The van der Waals surface area contributed by atoms with Gasteiger partial charge in [0.1, 0.15) is 5.78 Å². The van der Waals surface area contributed by atoms with Gasteiger partial charge >= 0.3 is 0 Å². The van der Waals surface area contributed by atoms with Gasteiger partial charge in [-0.3, -0.25) is 4.79 Å². The number of hydrogen-bond acceptors (Lipinski definition) is 3. The SMILES string of the molecule is CC(=O)CCOCC1CCCCN1C. The Hall–Kier alpha value is -0.410. The van der Waals surface area contributed by atoms with E-state index in [0.29, 0.717) is 19.1 Å². The van der Waals surface area contributed by atoms with E-state index in [9.17, 15) is 4.79 Å². The molecule has 1 unspecified atom stereocenters. The molecule has 0 aliphatic carbocycles. The maximum absolute atomic E-state index is 10.7. The van der Waals surface area contributed by atoms with E-state index in [1.807, 2.05) is 0 Å². The molecule has 1 atom stereocenters. The average Bonchev–Trinajstić information content (AvgIpc) is 2.15. The molecule has 1 aliphatic heterocycles. The number of hydrogen-bond donors (Lipinski definition) is 0. The van der Waals surface area contributed by atoms with Crippen molar-refractivity contribution in [3.8, 4) is 0 Å². The van der Waals surface area contributed by atoms with Crippen LogP contribution in [0.3, 0.4) is 0 Å². The highest BCUT2D eigenvalue weighted by Crippen LogP contribution is 2.14. The Kier molecular flexibility index (Phi) is 5.12. The van der Waals surface area contributed by atoms with Crippen LogP contribution >= 0.6 is 0 Å². The second-order valence-electron chi connectivity index (χ2n) is 4.16. The molecular weight excluding hydrogens is 178 g/mol. The second kappa shape index (κ2) is 6.14. The summed E-state index contributed by atoms with van der Waals surface area (Å²) in [4.78, 5) is 13.0. The number of carbonyl (C=O) groups excluding carboxylic acids is 1. The van der Waals surface area contributed by atoms with Gasteiger partial charge in [-0.25, -0.2) is 0 Å². The van der Waals surface area contributed by atoms with Crippen LogP contribution in [0, 0.1) is 0 Å². The molecule has 0 aromatic carbocycles. The zero-order chi connectivity index (χ0) is 10.4. The number of likely N-dealkylation sites (tertiary alicyclic amines) is 1. The lowest BCUT2D eigenvalue weighted by atomic mass is 10.0. The van der Waals surface area contributed by atoms with Crippen LogP contribution in [0.4, 0.5) is 0 Å². The molecule has 0 aromatic heterocycles. The number of ketones is 1. The molecule has 14 heavy (non-hydrogen) atoms. The average molecular weight is 199 g/mol. The first-order valence-corrected chi connectivity index (χ1v) is 5.47. The summed E-state index contributed by atoms with van der Waals surface area (Å²) in [5, 5.41) is 0. The van der Waals surface area contributed by atoms with Crippen LogP contribution in [-0.4, -0.2) is 43.5 Å². The van der Waals surface area contributed by atoms with Gasteiger partial charge in [0, 0.05) is 12.5 Å². The van der Waals surface area contributed by atoms with Gasteiger partial charge in [-0.05, 0) is 33.4 Å². The van der Waals surface area contributed by atoms with Gasteiger partial charge in [0.25, 0.3) is 0 Å². The van der Waals surface area contributed by atoms with E-state index in [1.54, 1.807) is 6.92 Å². The van der Waals surface area contributed by atoms with Gasteiger partial charge in [-0.1, -0.05) is 6.42 Å². The van der Waals surface area contributed by atoms with E-state index in [2.05, 4.69) is 11.9 Å². The van der Waals surface area contributed by atoms with Crippen LogP contribution in [0.5, 0.6) is 0 Å². The largest absolute Gasteiger partial charge is 0.379 e. The smallest absolute Gasteiger partial charge is 0.132 e. The molecule has 1 aliphatic rings. The summed E-state index contributed by atoms with van der Waals surface area (Å²) >= 11 is 0. The number of piperidine rings is 1. The first kappa shape index (κ1) is 11.7. The van der Waals surface area contributed by atoms with Gasteiger partial charge in [0.2, 0.25) is 0 Å². The van der Waals surface area contributed by atoms with E-state index in [0.717, 1.165) is 6.61 Å². The highest BCUT2D eigenvalue weighted by molar-refractivity contribution is 5.75. The Balaban J connectivity index is 2.07. The number of likely N-dealkylation sites (N-methyl/N-ethyl adjacent to an activating group) is 1. The maximum atomic E-state index is 10.7. The van der Waals surface area contributed by atoms with Crippen LogP contribution in [0.1, 0.15) is 32.6 Å². The molecule has 1 heterocycles. The van der Waals surface area contributed by atoms with Gasteiger partial charge in [-0.15, -0.1) is 0 Å². The van der Waals surface area contributed by atoms with E-state index < -0.39 is 0 Å². The molecule has 0 bridgehead atoms. The van der Waals surface area contributed by atoms with Gasteiger partial charge in [0.05, 0.1) is 13.2 Å². The van der Waals surface area contributed by atoms with Crippen molar-refractivity contribution >= 4 is 5.78 Å². The predicted octanol–water partition coefficient (Wildman–Crippen LogP) is 1.47. The Labute approximate surface area is 86.4 Å². The molecule has 0 N–H and O–H groups in total. The molecule has 82 valence electrons. The number of ether oxygens (including phenoxy) is 1. The van der Waals surface area contributed by atoms with E-state index >= 15 is 0 Å². The van der Waals surface area contributed by atoms with Crippen LogP contribution in [0.2, 0.25) is 0 Å². The topological polar surface area (TPSA) is 29.5 Å². The summed E-state index contributed by atoms with van der Waals surface area (Å²) in [5.41, 5.74) is 0. The van der Waals surface area contributed by atoms with Gasteiger partial charge < -0.3 is 9.64 Å². The lowest BCUT2D eigenvalue weighted by Gasteiger charge is -2.32. The predicted molar refractivity (Wildman–Crippen MR) is 56.4 cm³/mol. The number of nitrogens with zero attached hydrogens (tertiary/aromatic N) is 1. The number of carbonyl (C=O) groups is 1. The molecule has 3 heteroatoms. The minimum atomic E-state index is 0.210. The second-order valence-corrected chi connectivity index (χ2v) is 4.16. The molecule has 0 amide bonds. The standard InChI is InChI=1S/C11H21NO2/c1-10(13)6-8-14-9-11-5-3-4-7-12(11)2/h11H,3-9H2,1-2H3. The Morgan fingerprint density at radius 3 is 2.93 bits per heavy atom. The van der Waals surface area contributed by atoms with Crippen LogP contribution in [0.15, 0.2) is 0 Å². The van der Waals surface area contributed by atoms with Crippen molar-refractivity contribution < 1.29 is 9.53 Å². The van der Waals surface area contributed by atoms with Crippen molar-refractivity contribution in [3.63, 3.8) is 0 Å². The van der Waals surface area contributed by atoms with E-state index in [-0.39, 0.29) is 5.78 Å². The minimum absolute atomic E-state index is 0.210. The van der Waals surface area contributed by atoms with E-state index in [1.165, 1.54) is 25.8 Å². The van der Waals surface area contributed by atoms with Crippen molar-refractivity contribution in [2.24, 2.45) is 0 Å². The summed E-state index contributed by atoms with van der Waals surface area (Å²) in [5.74, 6) is 0.210. The third-order valence-electron chi connectivity index (χ3n) is 2.83. The highest BCUT2D eigenvalue weighted by atomic mass is 16.5. The first-order valence-electron chi connectivity index (χ1n) is 5.47. The van der Waals surface area contributed by atoms with Crippen molar-refractivity contribution in [1.82, 2.24) is 4.90 Å². The molecule has 0 radical (unpaired) electrons. The normalized spacial score (nSPS) is 23.7. The number of rotatable bonds is 5. The zero-order valence-corrected chi connectivity index (χ0v) is 9.29. The Morgan fingerprint density at radius 1 is 1.50 bits per heavy atom. The van der Waals surface area contributed by atoms with Gasteiger partial charge in [0.15, 0.2) is 0 Å². The summed E-state index contributed by atoms with van der Waals surface area (Å²) in [6.07, 6.45) is 4.40. The highest BCUT2D eigenvalue weighted by Gasteiger charge is 2.18. The Morgan fingerprint density at radius 2 is 2.29 bits per heavy atom. The molecule has 0 saturated carbocycles. The van der Waals surface area contributed by atoms with Crippen molar-refractivity contribution in [2.45, 2.75) is 38.6 Å². The van der Waals surface area contributed by atoms with E-state index in [4.69, 9.17) is 4.74 Å². The van der Waals surface area contributed by atoms with Gasteiger partial charge in [-0.2, -0.15) is 0 Å². The molecule has 0 spiro atoms. The summed E-state index contributed by atoms with van der Waals surface area (Å²) in [7, 11) is 2.15. The Bertz CT molecular complexity index is 182.